The summed E-state index contributed by atoms with van der Waals surface area (Å²) in [7, 11) is 0. The van der Waals surface area contributed by atoms with E-state index in [2.05, 4.69) is 30.2 Å². The van der Waals surface area contributed by atoms with Gasteiger partial charge in [-0.2, -0.15) is 0 Å². The van der Waals surface area contributed by atoms with Crippen LogP contribution in [-0.4, -0.2) is 42.9 Å². The first kappa shape index (κ1) is 29.1. The van der Waals surface area contributed by atoms with Gasteiger partial charge in [-0.05, 0) is 75.7 Å². The minimum absolute atomic E-state index is 0.0371. The molecule has 0 spiro atoms. The Kier molecular flexibility index (Phi) is 11.9. The minimum atomic E-state index is -0.589. The van der Waals surface area contributed by atoms with Gasteiger partial charge >= 0.3 is 0 Å². The van der Waals surface area contributed by atoms with Gasteiger partial charge in [0.2, 0.25) is 0 Å². The Morgan fingerprint density at radius 3 is 2.78 bits per heavy atom. The van der Waals surface area contributed by atoms with Crippen molar-refractivity contribution in [3.8, 4) is 11.8 Å². The molecule has 0 heterocycles. The van der Waals surface area contributed by atoms with Crippen LogP contribution in [0.5, 0.6) is 0 Å². The summed E-state index contributed by atoms with van der Waals surface area (Å²) in [4.78, 5) is 0. The summed E-state index contributed by atoms with van der Waals surface area (Å²) >= 11 is 0. The molecule has 0 aromatic carbocycles. The van der Waals surface area contributed by atoms with Gasteiger partial charge in [0.05, 0.1) is 19.4 Å². The number of hydrogen-bond acceptors (Lipinski definition) is 4. The average Bonchev–Trinajstić information content (AvgIpc) is 3.12. The van der Waals surface area contributed by atoms with Crippen molar-refractivity contribution in [2.45, 2.75) is 96.6 Å². The smallest absolute Gasteiger partial charge is 0.164 e. The summed E-state index contributed by atoms with van der Waals surface area (Å²) < 4.78 is 39.8. The Bertz CT molecular complexity index is 1020. The Labute approximate surface area is 220 Å². The summed E-state index contributed by atoms with van der Waals surface area (Å²) in [6.45, 7) is 5.47. The lowest BCUT2D eigenvalue weighted by molar-refractivity contribution is 0.0348. The van der Waals surface area contributed by atoms with Crippen LogP contribution < -0.4 is 5.32 Å². The number of aliphatic hydroxyl groups is 1. The standard InChI is InChI=1S/C31H41F2NO3/c1-4-29(34-23(3)35)25-10-7-11-26(18-15-25)37-27-16-13-24(14-17-27)21-28-22(2)9-5-6-12-30(31(28)33)36-20-8-19-32/h5-6,10,13,15,18,23,26-27,29,34-35H,4,8-9,12,14,16-17,19-21H2,1-3H3. The molecule has 0 aliphatic heterocycles. The molecule has 0 saturated carbocycles. The Morgan fingerprint density at radius 2 is 2.08 bits per heavy atom. The van der Waals surface area contributed by atoms with E-state index in [1.807, 2.05) is 37.3 Å². The van der Waals surface area contributed by atoms with E-state index in [1.54, 1.807) is 6.92 Å². The van der Waals surface area contributed by atoms with Gasteiger partial charge in [0.15, 0.2) is 5.83 Å². The predicted octanol–water partition coefficient (Wildman–Crippen LogP) is 6.67. The number of hydrogen-bond donors (Lipinski definition) is 2. The molecule has 2 N–H and O–H groups in total. The molecule has 202 valence electrons. The van der Waals surface area contributed by atoms with Gasteiger partial charge < -0.3 is 14.6 Å². The van der Waals surface area contributed by atoms with Crippen LogP contribution in [0.3, 0.4) is 0 Å². The molecule has 6 heteroatoms. The molecule has 0 radical (unpaired) electrons. The van der Waals surface area contributed by atoms with E-state index in [1.165, 1.54) is 5.57 Å². The lowest BCUT2D eigenvalue weighted by Gasteiger charge is -2.25. The second-order valence-corrected chi connectivity index (χ2v) is 9.85. The van der Waals surface area contributed by atoms with Crippen molar-refractivity contribution in [3.05, 3.63) is 70.3 Å². The summed E-state index contributed by atoms with van der Waals surface area (Å²) in [5, 5.41) is 12.8. The molecule has 0 aromatic rings. The zero-order valence-corrected chi connectivity index (χ0v) is 22.4. The predicted molar refractivity (Wildman–Crippen MR) is 145 cm³/mol. The number of allylic oxidation sites excluding steroid dienone is 7. The zero-order chi connectivity index (χ0) is 26.6. The molecule has 4 unspecified atom stereocenters. The Balaban J connectivity index is 1.60. The molecule has 0 aromatic heterocycles. The monoisotopic (exact) mass is 513 g/mol. The number of halogens is 2. The maximum absolute atomic E-state index is 15.5. The molecule has 3 rings (SSSR count). The summed E-state index contributed by atoms with van der Waals surface area (Å²) in [6.07, 6.45) is 16.5. The highest BCUT2D eigenvalue weighted by molar-refractivity contribution is 5.40. The van der Waals surface area contributed by atoms with Crippen molar-refractivity contribution in [3.63, 3.8) is 0 Å². The van der Waals surface area contributed by atoms with Crippen LogP contribution in [0, 0.1) is 11.8 Å². The number of ether oxygens (including phenoxy) is 2. The summed E-state index contributed by atoms with van der Waals surface area (Å²) in [5.74, 6) is 6.28. The molecular formula is C31H41F2NO3. The van der Waals surface area contributed by atoms with Crippen LogP contribution >= 0.6 is 0 Å². The maximum Gasteiger partial charge on any atom is 0.164 e. The third-order valence-corrected chi connectivity index (χ3v) is 6.85. The first-order chi connectivity index (χ1) is 17.9. The Morgan fingerprint density at radius 1 is 1.27 bits per heavy atom. The van der Waals surface area contributed by atoms with Crippen molar-refractivity contribution in [1.29, 1.82) is 0 Å². The molecule has 0 bridgehead atoms. The summed E-state index contributed by atoms with van der Waals surface area (Å²) in [5.41, 5.74) is 3.93. The van der Waals surface area contributed by atoms with E-state index in [0.717, 1.165) is 36.8 Å². The van der Waals surface area contributed by atoms with E-state index in [0.29, 0.717) is 30.6 Å². The molecule has 4 nitrogen and oxygen atoms in total. The van der Waals surface area contributed by atoms with Crippen LogP contribution in [-0.2, 0) is 9.47 Å². The van der Waals surface area contributed by atoms with Crippen LogP contribution in [0.1, 0.15) is 72.1 Å². The molecule has 0 fully saturated rings. The lowest BCUT2D eigenvalue weighted by atomic mass is 9.89. The topological polar surface area (TPSA) is 50.7 Å². The van der Waals surface area contributed by atoms with Crippen LogP contribution in [0.25, 0.3) is 0 Å². The number of rotatable bonds is 12. The van der Waals surface area contributed by atoms with Gasteiger partial charge in [0.25, 0.3) is 0 Å². The third-order valence-electron chi connectivity index (χ3n) is 6.85. The highest BCUT2D eigenvalue weighted by atomic mass is 19.1. The van der Waals surface area contributed by atoms with Crippen LogP contribution in [0.15, 0.2) is 70.3 Å². The fraction of sp³-hybridized carbons (Fsp3) is 0.548. The largest absolute Gasteiger partial charge is 0.494 e. The molecular weight excluding hydrogens is 472 g/mol. The lowest BCUT2D eigenvalue weighted by Crippen LogP contribution is -2.36. The normalized spacial score (nSPS) is 23.8. The molecule has 3 aliphatic carbocycles. The Hall–Kier alpha value is -2.46. The van der Waals surface area contributed by atoms with Gasteiger partial charge in [-0.15, -0.1) is 0 Å². The van der Waals surface area contributed by atoms with E-state index < -0.39 is 12.9 Å². The fourth-order valence-corrected chi connectivity index (χ4v) is 4.74. The first-order valence-corrected chi connectivity index (χ1v) is 13.5. The molecule has 4 atom stereocenters. The van der Waals surface area contributed by atoms with Gasteiger partial charge in [-0.1, -0.05) is 54.2 Å². The maximum atomic E-state index is 15.5. The third kappa shape index (κ3) is 9.10. The van der Waals surface area contributed by atoms with Gasteiger partial charge in [0.1, 0.15) is 18.1 Å². The van der Waals surface area contributed by atoms with Crippen molar-refractivity contribution < 1.29 is 23.4 Å². The second-order valence-electron chi connectivity index (χ2n) is 9.85. The van der Waals surface area contributed by atoms with Gasteiger partial charge in [0, 0.05) is 18.9 Å². The quantitative estimate of drug-likeness (QED) is 0.132. The van der Waals surface area contributed by atoms with Crippen molar-refractivity contribution in [2.24, 2.45) is 0 Å². The fourth-order valence-electron chi connectivity index (χ4n) is 4.74. The molecule has 0 saturated heterocycles. The molecule has 3 aliphatic rings. The van der Waals surface area contributed by atoms with E-state index in [4.69, 9.17) is 9.47 Å². The van der Waals surface area contributed by atoms with Crippen molar-refractivity contribution in [2.75, 3.05) is 13.3 Å². The zero-order valence-electron chi connectivity index (χ0n) is 22.4. The van der Waals surface area contributed by atoms with E-state index >= 15 is 4.39 Å². The number of nitrogens with one attached hydrogen (secondary N) is 1. The van der Waals surface area contributed by atoms with Crippen LogP contribution in [0.2, 0.25) is 0 Å². The first-order valence-electron chi connectivity index (χ1n) is 13.5. The molecule has 0 amide bonds. The van der Waals surface area contributed by atoms with Gasteiger partial charge in [-0.3, -0.25) is 9.71 Å². The minimum Gasteiger partial charge on any atom is -0.494 e. The SMILES string of the molecule is CCC(NC(C)O)C1=CC#CC(OC2CC=C(CC3=C(C)CC=CCC(OCCCF)=C3F)CC2)C=C1. The highest BCUT2D eigenvalue weighted by Gasteiger charge is 2.23. The van der Waals surface area contributed by atoms with E-state index in [-0.39, 0.29) is 37.1 Å². The number of aliphatic hydroxyl groups excluding tert-OH is 1. The van der Waals surface area contributed by atoms with Crippen LogP contribution in [0.4, 0.5) is 8.78 Å². The second kappa shape index (κ2) is 15.1. The van der Waals surface area contributed by atoms with Crippen molar-refractivity contribution in [1.82, 2.24) is 5.32 Å². The molecule has 37 heavy (non-hydrogen) atoms. The average molecular weight is 514 g/mol. The number of alkyl halides is 1. The summed E-state index contributed by atoms with van der Waals surface area (Å²) in [6, 6.07) is 0.0371. The van der Waals surface area contributed by atoms with Crippen molar-refractivity contribution >= 4 is 0 Å². The van der Waals surface area contributed by atoms with Gasteiger partial charge in [-0.25, -0.2) is 4.39 Å². The highest BCUT2D eigenvalue weighted by Crippen LogP contribution is 2.35. The van der Waals surface area contributed by atoms with E-state index in [9.17, 15) is 9.50 Å².